The van der Waals surface area contributed by atoms with Gasteiger partial charge in [0.25, 0.3) is 0 Å². The van der Waals surface area contributed by atoms with Gasteiger partial charge in [0.2, 0.25) is 11.8 Å². The van der Waals surface area contributed by atoms with Crippen molar-refractivity contribution in [3.63, 3.8) is 0 Å². The highest BCUT2D eigenvalue weighted by Gasteiger charge is 2.54. The number of hydrazine groups is 1. The number of aromatic hydroxyl groups is 1. The van der Waals surface area contributed by atoms with Crippen molar-refractivity contribution in [1.29, 1.82) is 0 Å². The fraction of sp³-hybridized carbons (Fsp3) is 0.265. The van der Waals surface area contributed by atoms with Crippen molar-refractivity contribution in [2.75, 3.05) is 13.6 Å². The Bertz CT molecular complexity index is 1640. The van der Waals surface area contributed by atoms with E-state index in [-0.39, 0.29) is 36.6 Å². The fourth-order valence-corrected chi connectivity index (χ4v) is 6.29. The molecule has 4 aromatic carbocycles. The third kappa shape index (κ3) is 5.51. The number of hydrogen-bond acceptors (Lipinski definition) is 5. The molecule has 0 saturated carbocycles. The summed E-state index contributed by atoms with van der Waals surface area (Å²) in [5.74, 6) is -0.263. The predicted molar refractivity (Wildman–Crippen MR) is 163 cm³/mol. The van der Waals surface area contributed by atoms with E-state index >= 15 is 0 Å². The van der Waals surface area contributed by atoms with E-state index < -0.39 is 18.2 Å². The van der Waals surface area contributed by atoms with Gasteiger partial charge in [0, 0.05) is 26.6 Å². The Kier molecular flexibility index (Phi) is 7.73. The van der Waals surface area contributed by atoms with Crippen molar-refractivity contribution in [1.82, 2.24) is 25.1 Å². The molecule has 2 fully saturated rings. The summed E-state index contributed by atoms with van der Waals surface area (Å²) in [5, 5.41) is 18.2. The molecule has 0 bridgehead atoms. The maximum atomic E-state index is 14.4. The molecular weight excluding hydrogens is 542 g/mol. The van der Waals surface area contributed by atoms with Gasteiger partial charge in [-0.3, -0.25) is 9.59 Å². The second-order valence-electron chi connectivity index (χ2n) is 11.3. The van der Waals surface area contributed by atoms with Crippen LogP contribution in [0.5, 0.6) is 5.75 Å². The largest absolute Gasteiger partial charge is 0.508 e. The summed E-state index contributed by atoms with van der Waals surface area (Å²) in [6.45, 7) is 2.52. The lowest BCUT2D eigenvalue weighted by molar-refractivity contribution is -0.196. The van der Waals surface area contributed by atoms with Crippen LogP contribution < -0.4 is 5.32 Å². The molecule has 2 saturated heterocycles. The van der Waals surface area contributed by atoms with E-state index in [4.69, 9.17) is 0 Å². The minimum Gasteiger partial charge on any atom is -0.508 e. The van der Waals surface area contributed by atoms with Crippen molar-refractivity contribution < 1.29 is 19.5 Å². The van der Waals surface area contributed by atoms with Crippen LogP contribution in [-0.4, -0.2) is 74.6 Å². The minimum absolute atomic E-state index is 0.0370. The number of carbonyl (C=O) groups excluding carboxylic acids is 3. The van der Waals surface area contributed by atoms with Crippen LogP contribution in [0.1, 0.15) is 23.6 Å². The summed E-state index contributed by atoms with van der Waals surface area (Å²) in [7, 11) is 1.73. The number of hydrogen-bond donors (Lipinski definition) is 2. The van der Waals surface area contributed by atoms with Crippen molar-refractivity contribution in [2.24, 2.45) is 0 Å². The Morgan fingerprint density at radius 2 is 1.58 bits per heavy atom. The molecule has 2 N–H and O–H groups in total. The number of phenolic OH excluding ortho intramolecular Hbond substituents is 1. The molecule has 0 spiro atoms. The van der Waals surface area contributed by atoms with Crippen LogP contribution in [0, 0.1) is 0 Å². The van der Waals surface area contributed by atoms with Gasteiger partial charge in [0.05, 0.1) is 12.6 Å². The lowest BCUT2D eigenvalue weighted by Gasteiger charge is -2.57. The van der Waals surface area contributed by atoms with Crippen LogP contribution in [0.3, 0.4) is 0 Å². The van der Waals surface area contributed by atoms with Crippen LogP contribution in [0.2, 0.25) is 0 Å². The molecule has 6 rings (SSSR count). The Hall–Kier alpha value is -4.89. The summed E-state index contributed by atoms with van der Waals surface area (Å²) in [6.07, 6.45) is -0.472. The van der Waals surface area contributed by atoms with E-state index in [0.717, 1.165) is 27.5 Å². The maximum Gasteiger partial charge on any atom is 0.334 e. The second kappa shape index (κ2) is 11.8. The normalized spacial score (nSPS) is 20.8. The van der Waals surface area contributed by atoms with E-state index in [9.17, 15) is 19.5 Å². The smallest absolute Gasteiger partial charge is 0.334 e. The van der Waals surface area contributed by atoms with Crippen LogP contribution in [0.15, 0.2) is 97.1 Å². The average Bonchev–Trinajstić information content (AvgIpc) is 3.01. The third-order valence-corrected chi connectivity index (χ3v) is 8.46. The van der Waals surface area contributed by atoms with E-state index in [0.29, 0.717) is 13.1 Å². The van der Waals surface area contributed by atoms with E-state index in [1.54, 1.807) is 51.1 Å². The highest BCUT2D eigenvalue weighted by atomic mass is 16.3. The minimum atomic E-state index is -0.827. The van der Waals surface area contributed by atoms with Crippen molar-refractivity contribution >= 4 is 28.6 Å². The van der Waals surface area contributed by atoms with Crippen LogP contribution in [0.25, 0.3) is 10.8 Å². The molecule has 3 unspecified atom stereocenters. The van der Waals surface area contributed by atoms with Gasteiger partial charge in [0.15, 0.2) is 0 Å². The molecule has 220 valence electrons. The number of piperazine rings is 1. The van der Waals surface area contributed by atoms with Gasteiger partial charge in [-0.1, -0.05) is 84.9 Å². The summed E-state index contributed by atoms with van der Waals surface area (Å²) in [6, 6.07) is 28.8. The molecule has 2 heterocycles. The molecule has 2 aliphatic heterocycles. The summed E-state index contributed by atoms with van der Waals surface area (Å²) in [4.78, 5) is 45.3. The zero-order valence-corrected chi connectivity index (χ0v) is 24.3. The van der Waals surface area contributed by atoms with Gasteiger partial charge in [-0.05, 0) is 46.5 Å². The standard InChI is InChI=1S/C34H35N5O4/c1-23-32-38(31(41)22-36(2)39(32)34(43)35-20-25-9-4-3-5-10-25)30(19-24-15-17-28(40)18-16-24)33(42)37(23)21-27-13-8-12-26-11-6-7-14-29(26)27/h3-18,23,30,32,40H,19-22H2,1-2H3,(H,35,43). The number of benzene rings is 4. The number of fused-ring (bicyclic) bond motifs is 2. The summed E-state index contributed by atoms with van der Waals surface area (Å²) < 4.78 is 0. The van der Waals surface area contributed by atoms with Gasteiger partial charge < -0.3 is 20.2 Å². The SMILES string of the molecule is CC1C2N(C(=O)CN(C)N2C(=O)NCc2ccccc2)C(Cc2ccc(O)cc2)C(=O)N1Cc1cccc2ccccc12. The number of likely N-dealkylation sites (N-methyl/N-ethyl adjacent to an activating group) is 1. The summed E-state index contributed by atoms with van der Waals surface area (Å²) in [5.41, 5.74) is 2.75. The molecular formula is C34H35N5O4. The lowest BCUT2D eigenvalue weighted by Crippen LogP contribution is -2.78. The number of carbonyl (C=O) groups is 3. The van der Waals surface area contributed by atoms with Gasteiger partial charge in [-0.25, -0.2) is 14.8 Å². The highest BCUT2D eigenvalue weighted by Crippen LogP contribution is 2.33. The Morgan fingerprint density at radius 3 is 2.35 bits per heavy atom. The number of nitrogens with zero attached hydrogens (tertiary/aromatic N) is 4. The average molecular weight is 578 g/mol. The summed E-state index contributed by atoms with van der Waals surface area (Å²) >= 11 is 0. The topological polar surface area (TPSA) is 96.4 Å². The molecule has 4 aromatic rings. The van der Waals surface area contributed by atoms with E-state index in [1.165, 1.54) is 0 Å². The first-order valence-corrected chi connectivity index (χ1v) is 14.5. The van der Waals surface area contributed by atoms with E-state index in [2.05, 4.69) is 5.32 Å². The molecule has 43 heavy (non-hydrogen) atoms. The van der Waals surface area contributed by atoms with Gasteiger partial charge in [-0.2, -0.15) is 0 Å². The maximum absolute atomic E-state index is 14.4. The first-order chi connectivity index (χ1) is 20.8. The van der Waals surface area contributed by atoms with Crippen LogP contribution >= 0.6 is 0 Å². The Labute approximate surface area is 250 Å². The van der Waals surface area contributed by atoms with Crippen LogP contribution in [0.4, 0.5) is 4.79 Å². The number of amides is 4. The zero-order valence-electron chi connectivity index (χ0n) is 24.3. The molecule has 0 radical (unpaired) electrons. The second-order valence-corrected chi connectivity index (χ2v) is 11.3. The number of urea groups is 1. The number of phenols is 1. The van der Waals surface area contributed by atoms with Gasteiger partial charge in [-0.15, -0.1) is 0 Å². The highest BCUT2D eigenvalue weighted by molar-refractivity contribution is 5.92. The van der Waals surface area contributed by atoms with Crippen molar-refractivity contribution in [3.8, 4) is 5.75 Å². The number of nitrogens with one attached hydrogen (secondary N) is 1. The molecule has 3 atom stereocenters. The molecule has 0 aliphatic carbocycles. The first kappa shape index (κ1) is 28.2. The quantitative estimate of drug-likeness (QED) is 0.360. The van der Waals surface area contributed by atoms with Crippen molar-refractivity contribution in [2.45, 2.75) is 44.7 Å². The monoisotopic (exact) mass is 577 g/mol. The van der Waals surface area contributed by atoms with Crippen molar-refractivity contribution in [3.05, 3.63) is 114 Å². The van der Waals surface area contributed by atoms with Crippen LogP contribution in [-0.2, 0) is 29.1 Å². The van der Waals surface area contributed by atoms with E-state index in [1.807, 2.05) is 79.7 Å². The molecule has 9 nitrogen and oxygen atoms in total. The van der Waals surface area contributed by atoms with Gasteiger partial charge >= 0.3 is 6.03 Å². The predicted octanol–water partition coefficient (Wildman–Crippen LogP) is 4.11. The fourth-order valence-electron chi connectivity index (χ4n) is 6.29. The lowest BCUT2D eigenvalue weighted by atomic mass is 9.94. The molecule has 2 aliphatic rings. The molecule has 9 heteroatoms. The number of rotatable bonds is 6. The van der Waals surface area contributed by atoms with Gasteiger partial charge in [0.1, 0.15) is 18.0 Å². The Morgan fingerprint density at radius 1 is 0.884 bits per heavy atom. The molecule has 0 aromatic heterocycles. The molecule has 4 amide bonds. The third-order valence-electron chi connectivity index (χ3n) is 8.46. The Balaban J connectivity index is 1.38. The zero-order chi connectivity index (χ0) is 30.1. The first-order valence-electron chi connectivity index (χ1n) is 14.5.